The summed E-state index contributed by atoms with van der Waals surface area (Å²) in [6, 6.07) is 40.9. The van der Waals surface area contributed by atoms with E-state index in [0.29, 0.717) is 22.6 Å². The fourth-order valence-electron chi connectivity index (χ4n) is 4.45. The topological polar surface area (TPSA) is 84.5 Å². The highest BCUT2D eigenvalue weighted by molar-refractivity contribution is 8.00. The third kappa shape index (κ3) is 7.91. The van der Waals surface area contributed by atoms with E-state index in [1.165, 1.54) is 11.8 Å². The first-order chi connectivity index (χ1) is 21.5. The highest BCUT2D eigenvalue weighted by Crippen LogP contribution is 2.25. The van der Waals surface area contributed by atoms with Crippen LogP contribution in [0.25, 0.3) is 17.2 Å². The Morgan fingerprint density at radius 1 is 0.705 bits per heavy atom. The molecule has 0 heterocycles. The van der Waals surface area contributed by atoms with E-state index in [1.54, 1.807) is 61.7 Å². The van der Waals surface area contributed by atoms with E-state index in [1.807, 2.05) is 84.9 Å². The number of nitrogens with one attached hydrogen (secondary N) is 2. The molecule has 0 saturated carbocycles. The zero-order chi connectivity index (χ0) is 30.7. The molecule has 0 radical (unpaired) electrons. The van der Waals surface area contributed by atoms with Gasteiger partial charge in [0.1, 0.15) is 11.4 Å². The lowest BCUT2D eigenvalue weighted by atomic mass is 10.0. The Balaban J connectivity index is 1.29. The number of hydrogen-bond donors (Lipinski definition) is 2. The number of para-hydroxylation sites is 1. The number of carbonyl (C=O) groups excluding carboxylic acids is 3. The van der Waals surface area contributed by atoms with Crippen LogP contribution in [0, 0.1) is 0 Å². The summed E-state index contributed by atoms with van der Waals surface area (Å²) >= 11 is 1.40. The molecular weight excluding hydrogens is 568 g/mol. The van der Waals surface area contributed by atoms with E-state index in [0.717, 1.165) is 21.6 Å². The van der Waals surface area contributed by atoms with Crippen LogP contribution in [-0.4, -0.2) is 30.5 Å². The summed E-state index contributed by atoms with van der Waals surface area (Å²) in [6.07, 6.45) is 1.65. The van der Waals surface area contributed by atoms with Crippen molar-refractivity contribution in [1.82, 2.24) is 5.32 Å². The van der Waals surface area contributed by atoms with E-state index in [2.05, 4.69) is 10.6 Å². The largest absolute Gasteiger partial charge is 0.496 e. The first kappa shape index (κ1) is 30.1. The summed E-state index contributed by atoms with van der Waals surface area (Å²) in [6.45, 7) is 0. The molecule has 7 heteroatoms. The maximum Gasteiger partial charge on any atom is 0.272 e. The van der Waals surface area contributed by atoms with Crippen molar-refractivity contribution in [2.45, 2.75) is 4.90 Å². The highest BCUT2D eigenvalue weighted by Gasteiger charge is 2.16. The van der Waals surface area contributed by atoms with Crippen LogP contribution in [-0.2, 0) is 4.79 Å². The minimum absolute atomic E-state index is 0.0365. The van der Waals surface area contributed by atoms with Crippen LogP contribution in [0.15, 0.2) is 144 Å². The zero-order valence-electron chi connectivity index (χ0n) is 24.0. The second-order valence-electron chi connectivity index (χ2n) is 9.76. The predicted octanol–water partition coefficient (Wildman–Crippen LogP) is 7.75. The monoisotopic (exact) mass is 598 g/mol. The Hall–Kier alpha value is -5.40. The van der Waals surface area contributed by atoms with E-state index in [4.69, 9.17) is 4.74 Å². The molecule has 0 bridgehead atoms. The molecule has 0 aliphatic rings. The Kier molecular flexibility index (Phi) is 10.0. The standard InChI is InChI=1S/C37H30N2O4S/c1-43-35-15-9-8-14-32(35)34(40)25-44-31-22-20-30(21-23-31)38-37(42)33(39-36(41)29-12-6-3-7-13-29)24-26-16-18-28(19-17-26)27-10-4-2-5-11-27/h2-24H,25H2,1H3,(H,38,42)(H,39,41)/b33-24-. The number of hydrogen-bond acceptors (Lipinski definition) is 5. The quantitative estimate of drug-likeness (QED) is 0.0923. The Labute approximate surface area is 260 Å². The fourth-order valence-corrected chi connectivity index (χ4v) is 5.23. The number of Topliss-reactive ketones (excluding diaryl/α,β-unsaturated/α-hetero) is 1. The molecule has 0 saturated heterocycles. The van der Waals surface area contributed by atoms with Crippen molar-refractivity contribution in [3.63, 3.8) is 0 Å². The lowest BCUT2D eigenvalue weighted by Crippen LogP contribution is -2.30. The highest BCUT2D eigenvalue weighted by atomic mass is 32.2. The van der Waals surface area contributed by atoms with Gasteiger partial charge in [-0.05, 0) is 71.3 Å². The van der Waals surface area contributed by atoms with Crippen LogP contribution >= 0.6 is 11.8 Å². The maximum absolute atomic E-state index is 13.4. The average Bonchev–Trinajstić information content (AvgIpc) is 3.08. The normalized spacial score (nSPS) is 11.0. The van der Waals surface area contributed by atoms with Gasteiger partial charge in [0.05, 0.1) is 18.4 Å². The van der Waals surface area contributed by atoms with E-state index >= 15 is 0 Å². The van der Waals surface area contributed by atoms with Crippen molar-refractivity contribution in [3.8, 4) is 16.9 Å². The lowest BCUT2D eigenvalue weighted by Gasteiger charge is -2.12. The number of amides is 2. The second-order valence-corrected chi connectivity index (χ2v) is 10.8. The van der Waals surface area contributed by atoms with Gasteiger partial charge < -0.3 is 15.4 Å². The molecule has 0 atom stereocenters. The average molecular weight is 599 g/mol. The third-order valence-electron chi connectivity index (χ3n) is 6.75. The summed E-state index contributed by atoms with van der Waals surface area (Å²) < 4.78 is 5.30. The van der Waals surface area contributed by atoms with E-state index in [-0.39, 0.29) is 23.1 Å². The molecule has 6 nitrogen and oxygen atoms in total. The van der Waals surface area contributed by atoms with Crippen molar-refractivity contribution in [2.24, 2.45) is 0 Å². The van der Waals surface area contributed by atoms with Crippen LogP contribution in [0.3, 0.4) is 0 Å². The molecular formula is C37H30N2O4S. The first-order valence-electron chi connectivity index (χ1n) is 13.9. The zero-order valence-corrected chi connectivity index (χ0v) is 24.8. The van der Waals surface area contributed by atoms with Gasteiger partial charge in [-0.25, -0.2) is 0 Å². The number of benzene rings is 5. The minimum atomic E-state index is -0.465. The molecule has 44 heavy (non-hydrogen) atoms. The molecule has 0 unspecified atom stereocenters. The van der Waals surface area contributed by atoms with Crippen LogP contribution in [0.4, 0.5) is 5.69 Å². The summed E-state index contributed by atoms with van der Waals surface area (Å²) in [5.41, 5.74) is 4.53. The van der Waals surface area contributed by atoms with Crippen molar-refractivity contribution < 1.29 is 19.1 Å². The van der Waals surface area contributed by atoms with Gasteiger partial charge in [-0.3, -0.25) is 14.4 Å². The van der Waals surface area contributed by atoms with Gasteiger partial charge in [0.25, 0.3) is 11.8 Å². The fraction of sp³-hybridized carbons (Fsp3) is 0.0541. The Morgan fingerprint density at radius 3 is 2.00 bits per heavy atom. The van der Waals surface area contributed by atoms with Gasteiger partial charge in [0.15, 0.2) is 5.78 Å². The molecule has 218 valence electrons. The molecule has 0 aliphatic heterocycles. The van der Waals surface area contributed by atoms with E-state index < -0.39 is 5.91 Å². The lowest BCUT2D eigenvalue weighted by molar-refractivity contribution is -0.113. The van der Waals surface area contributed by atoms with Crippen molar-refractivity contribution in [2.75, 3.05) is 18.2 Å². The van der Waals surface area contributed by atoms with Gasteiger partial charge in [-0.15, -0.1) is 11.8 Å². The molecule has 5 rings (SSSR count). The molecule has 0 spiro atoms. The number of anilines is 1. The van der Waals surface area contributed by atoms with E-state index in [9.17, 15) is 14.4 Å². The van der Waals surface area contributed by atoms with Gasteiger partial charge >= 0.3 is 0 Å². The number of carbonyl (C=O) groups is 3. The molecule has 5 aromatic rings. The number of ether oxygens (including phenoxy) is 1. The molecule has 0 fully saturated rings. The number of rotatable bonds is 11. The molecule has 2 N–H and O–H groups in total. The van der Waals surface area contributed by atoms with Crippen molar-refractivity contribution in [3.05, 3.63) is 156 Å². The second kappa shape index (κ2) is 14.7. The van der Waals surface area contributed by atoms with Gasteiger partial charge in [0.2, 0.25) is 0 Å². The third-order valence-corrected chi connectivity index (χ3v) is 7.76. The SMILES string of the molecule is COc1ccccc1C(=O)CSc1ccc(NC(=O)/C(=C/c2ccc(-c3ccccc3)cc2)NC(=O)c2ccccc2)cc1. The number of ketones is 1. The van der Waals surface area contributed by atoms with Gasteiger partial charge in [-0.1, -0.05) is 84.9 Å². The predicted molar refractivity (Wildman–Crippen MR) is 177 cm³/mol. The maximum atomic E-state index is 13.4. The van der Waals surface area contributed by atoms with Crippen LogP contribution < -0.4 is 15.4 Å². The Morgan fingerprint density at radius 2 is 1.32 bits per heavy atom. The minimum Gasteiger partial charge on any atom is -0.496 e. The number of methoxy groups -OCH3 is 1. The Bertz CT molecular complexity index is 1770. The smallest absolute Gasteiger partial charge is 0.272 e. The van der Waals surface area contributed by atoms with Gasteiger partial charge in [-0.2, -0.15) is 0 Å². The summed E-state index contributed by atoms with van der Waals surface area (Å²) in [5.74, 6) is -0.0994. The summed E-state index contributed by atoms with van der Waals surface area (Å²) in [5, 5.41) is 5.65. The van der Waals surface area contributed by atoms with Crippen molar-refractivity contribution >= 4 is 41.1 Å². The first-order valence-corrected chi connectivity index (χ1v) is 14.9. The van der Waals surface area contributed by atoms with Gasteiger partial charge in [0, 0.05) is 16.1 Å². The van der Waals surface area contributed by atoms with Crippen LogP contribution in [0.1, 0.15) is 26.3 Å². The summed E-state index contributed by atoms with van der Waals surface area (Å²) in [4.78, 5) is 40.0. The van der Waals surface area contributed by atoms with Crippen molar-refractivity contribution in [1.29, 1.82) is 0 Å². The van der Waals surface area contributed by atoms with Crippen LogP contribution in [0.5, 0.6) is 5.75 Å². The molecule has 0 aromatic heterocycles. The molecule has 2 amide bonds. The van der Waals surface area contributed by atoms with Crippen LogP contribution in [0.2, 0.25) is 0 Å². The number of thioether (sulfide) groups is 1. The molecule has 5 aromatic carbocycles. The molecule has 0 aliphatic carbocycles. The summed E-state index contributed by atoms with van der Waals surface area (Å²) in [7, 11) is 1.54.